The van der Waals surface area contributed by atoms with Crippen LogP contribution in [0.2, 0.25) is 0 Å². The minimum absolute atomic E-state index is 0.0258. The molecule has 0 radical (unpaired) electrons. The molecule has 0 aromatic rings. The Morgan fingerprint density at radius 3 is 1.58 bits per heavy atom. The average molecular weight is 388 g/mol. The molecule has 12 heteroatoms. The molecule has 1 amide bonds. The van der Waals surface area contributed by atoms with Crippen LogP contribution >= 0.6 is 0 Å². The lowest BCUT2D eigenvalue weighted by Gasteiger charge is -2.22. The first kappa shape index (κ1) is 32.0. The first-order valence-corrected chi connectivity index (χ1v) is 7.41. The van der Waals surface area contributed by atoms with Crippen LogP contribution in [-0.2, 0) is 14.4 Å². The van der Waals surface area contributed by atoms with Gasteiger partial charge in [0.15, 0.2) is 12.4 Å². The molecular formula is C14H32N2O10. The summed E-state index contributed by atoms with van der Waals surface area (Å²) in [5, 5.41) is 62.6. The van der Waals surface area contributed by atoms with Crippen LogP contribution in [0, 0.1) is 0 Å². The molecule has 158 valence electrons. The second-order valence-electron chi connectivity index (χ2n) is 4.73. The Labute approximate surface area is 151 Å². The van der Waals surface area contributed by atoms with Gasteiger partial charge in [0.2, 0.25) is 5.91 Å². The van der Waals surface area contributed by atoms with Crippen molar-refractivity contribution in [2.75, 3.05) is 20.7 Å². The minimum Gasteiger partial charge on any atom is -0.479 e. The van der Waals surface area contributed by atoms with E-state index in [-0.39, 0.29) is 18.6 Å². The van der Waals surface area contributed by atoms with Crippen LogP contribution in [0.1, 0.15) is 20.3 Å². The summed E-state index contributed by atoms with van der Waals surface area (Å²) < 4.78 is 0. The maximum Gasteiger partial charge on any atom is 0.332 e. The summed E-state index contributed by atoms with van der Waals surface area (Å²) in [4.78, 5) is 28.8. The van der Waals surface area contributed by atoms with Crippen molar-refractivity contribution < 1.29 is 50.1 Å². The van der Waals surface area contributed by atoms with Gasteiger partial charge in [0.1, 0.15) is 24.4 Å². The Hall–Kier alpha value is -1.67. The second-order valence-corrected chi connectivity index (χ2v) is 4.73. The first-order valence-electron chi connectivity index (χ1n) is 7.41. The lowest BCUT2D eigenvalue weighted by atomic mass is 10.0. The van der Waals surface area contributed by atoms with E-state index in [2.05, 4.69) is 11.1 Å². The number of hydrogen-bond acceptors (Lipinski definition) is 10. The van der Waals surface area contributed by atoms with Gasteiger partial charge in [0.05, 0.1) is 6.61 Å². The van der Waals surface area contributed by atoms with E-state index in [0.717, 1.165) is 0 Å². The smallest absolute Gasteiger partial charge is 0.332 e. The second kappa shape index (κ2) is 21.4. The Balaban J connectivity index is -0.000000146. The third-order valence-corrected chi connectivity index (χ3v) is 2.09. The highest BCUT2D eigenvalue weighted by Crippen LogP contribution is 2.02. The van der Waals surface area contributed by atoms with Crippen molar-refractivity contribution in [3.63, 3.8) is 0 Å². The largest absolute Gasteiger partial charge is 0.479 e. The van der Waals surface area contributed by atoms with E-state index in [1.807, 2.05) is 14.1 Å². The number of rotatable bonds is 7. The summed E-state index contributed by atoms with van der Waals surface area (Å²) in [6, 6.07) is 0. The fourth-order valence-corrected chi connectivity index (χ4v) is 0.793. The SMILES string of the molecule is CC(N)=O.CCC(O)C(=O)O.CNC.O=C[C@H](O)[C@@H](O)[C@H](O)[C@H](O)CO. The number of amides is 1. The van der Waals surface area contributed by atoms with Gasteiger partial charge in [-0.1, -0.05) is 6.92 Å². The summed E-state index contributed by atoms with van der Waals surface area (Å²) in [6.45, 7) is 2.16. The highest BCUT2D eigenvalue weighted by atomic mass is 16.4. The van der Waals surface area contributed by atoms with Crippen molar-refractivity contribution >= 4 is 18.2 Å². The van der Waals surface area contributed by atoms with Crippen LogP contribution in [0.3, 0.4) is 0 Å². The quantitative estimate of drug-likeness (QED) is 0.190. The van der Waals surface area contributed by atoms with E-state index in [1.165, 1.54) is 6.92 Å². The van der Waals surface area contributed by atoms with E-state index in [0.29, 0.717) is 0 Å². The number of aliphatic hydroxyl groups excluding tert-OH is 6. The molecule has 0 heterocycles. The van der Waals surface area contributed by atoms with E-state index >= 15 is 0 Å². The molecular weight excluding hydrogens is 356 g/mol. The van der Waals surface area contributed by atoms with Gasteiger partial charge in [-0.05, 0) is 20.5 Å². The first-order chi connectivity index (χ1) is 11.9. The van der Waals surface area contributed by atoms with E-state index in [9.17, 15) is 14.4 Å². The molecule has 1 unspecified atom stereocenters. The predicted octanol–water partition coefficient (Wildman–Crippen LogP) is -4.21. The van der Waals surface area contributed by atoms with Gasteiger partial charge in [-0.15, -0.1) is 0 Å². The normalized spacial score (nSPS) is 15.0. The Morgan fingerprint density at radius 1 is 1.08 bits per heavy atom. The third kappa shape index (κ3) is 24.6. The van der Waals surface area contributed by atoms with Crippen molar-refractivity contribution in [2.45, 2.75) is 50.8 Å². The van der Waals surface area contributed by atoms with Crippen molar-refractivity contribution in [3.8, 4) is 0 Å². The molecule has 0 saturated heterocycles. The number of carboxylic acids is 1. The van der Waals surface area contributed by atoms with Gasteiger partial charge in [-0.25, -0.2) is 4.79 Å². The van der Waals surface area contributed by atoms with E-state index in [4.69, 9.17) is 35.7 Å². The molecule has 0 bridgehead atoms. The van der Waals surface area contributed by atoms with Gasteiger partial charge in [-0.3, -0.25) is 4.79 Å². The van der Waals surface area contributed by atoms with Gasteiger partial charge >= 0.3 is 5.97 Å². The average Bonchev–Trinajstić information content (AvgIpc) is 2.58. The molecule has 0 aliphatic rings. The molecule has 0 fully saturated rings. The van der Waals surface area contributed by atoms with Gasteiger partial charge in [0, 0.05) is 6.92 Å². The highest BCUT2D eigenvalue weighted by molar-refractivity contribution is 5.71. The standard InChI is InChI=1S/C6H12O6.C4H8O3.C2H5NO.C2H7N/c7-1-3(9)5(11)6(12)4(10)2-8;1-2-3(5)4(6)7;1-2(3)4;1-3-2/h1,3-6,8-12H,2H2;3,5H,2H2,1H3,(H,6,7);1H3,(H2,3,4);3H,1-2H3/t3-,4+,5+,6+;;;/m0.../s1. The predicted molar refractivity (Wildman–Crippen MR) is 91.0 cm³/mol. The Morgan fingerprint density at radius 2 is 1.42 bits per heavy atom. The number of primary amides is 1. The summed E-state index contributed by atoms with van der Waals surface area (Å²) in [6.07, 6.45) is -7.75. The van der Waals surface area contributed by atoms with Gasteiger partial charge in [0.25, 0.3) is 0 Å². The number of hydrogen-bond donors (Lipinski definition) is 9. The molecule has 5 atom stereocenters. The van der Waals surface area contributed by atoms with Crippen molar-refractivity contribution in [1.82, 2.24) is 5.32 Å². The molecule has 26 heavy (non-hydrogen) atoms. The molecule has 0 aromatic heterocycles. The van der Waals surface area contributed by atoms with Gasteiger partial charge in [-0.2, -0.15) is 0 Å². The lowest BCUT2D eigenvalue weighted by molar-refractivity contribution is -0.146. The molecule has 10 N–H and O–H groups in total. The van der Waals surface area contributed by atoms with Crippen LogP contribution in [0.4, 0.5) is 0 Å². The Bertz CT molecular complexity index is 353. The maximum absolute atomic E-state index is 9.90. The minimum atomic E-state index is -1.79. The number of nitrogens with two attached hydrogens (primary N) is 1. The molecule has 0 spiro atoms. The molecule has 0 saturated carbocycles. The maximum atomic E-state index is 9.90. The number of aliphatic hydroxyl groups is 6. The van der Waals surface area contributed by atoms with Crippen molar-refractivity contribution in [3.05, 3.63) is 0 Å². The number of carboxylic acid groups (broad SMARTS) is 1. The zero-order valence-corrected chi connectivity index (χ0v) is 15.3. The summed E-state index contributed by atoms with van der Waals surface area (Å²) >= 11 is 0. The molecule has 0 aromatic carbocycles. The fourth-order valence-electron chi connectivity index (χ4n) is 0.793. The van der Waals surface area contributed by atoms with Crippen molar-refractivity contribution in [1.29, 1.82) is 0 Å². The number of carbonyl (C=O) groups excluding carboxylic acids is 2. The molecule has 0 rings (SSSR count). The molecule has 12 nitrogen and oxygen atoms in total. The number of aldehydes is 1. The van der Waals surface area contributed by atoms with Gasteiger partial charge < -0.3 is 51.6 Å². The topological polar surface area (TPSA) is 231 Å². The lowest BCUT2D eigenvalue weighted by Crippen LogP contribution is -2.46. The van der Waals surface area contributed by atoms with E-state index < -0.39 is 43.1 Å². The third-order valence-electron chi connectivity index (χ3n) is 2.09. The highest BCUT2D eigenvalue weighted by Gasteiger charge is 2.29. The number of aliphatic carboxylic acids is 1. The Kier molecular flexibility index (Phi) is 26.3. The summed E-state index contributed by atoms with van der Waals surface area (Å²) in [5.74, 6) is -1.48. The zero-order chi connectivity index (χ0) is 21.9. The number of carbonyl (C=O) groups is 3. The summed E-state index contributed by atoms with van der Waals surface area (Å²) in [5.41, 5.74) is 4.47. The molecule has 0 aliphatic heterocycles. The van der Waals surface area contributed by atoms with Crippen molar-refractivity contribution in [2.24, 2.45) is 5.73 Å². The molecule has 0 aliphatic carbocycles. The fraction of sp³-hybridized carbons (Fsp3) is 0.786. The summed E-state index contributed by atoms with van der Waals surface area (Å²) in [7, 11) is 3.75. The van der Waals surface area contributed by atoms with Crippen LogP contribution in [0.5, 0.6) is 0 Å². The zero-order valence-electron chi connectivity index (χ0n) is 15.3. The van der Waals surface area contributed by atoms with E-state index in [1.54, 1.807) is 6.92 Å². The monoisotopic (exact) mass is 388 g/mol. The van der Waals surface area contributed by atoms with Crippen LogP contribution in [-0.4, -0.2) is 105 Å². The van der Waals surface area contributed by atoms with Crippen LogP contribution < -0.4 is 11.1 Å². The number of nitrogens with one attached hydrogen (secondary N) is 1. The van der Waals surface area contributed by atoms with Crippen LogP contribution in [0.25, 0.3) is 0 Å². The van der Waals surface area contributed by atoms with Crippen LogP contribution in [0.15, 0.2) is 0 Å².